The summed E-state index contributed by atoms with van der Waals surface area (Å²) in [4.78, 5) is 0. The minimum absolute atomic E-state index is 0.504. The van der Waals surface area contributed by atoms with E-state index >= 15 is 0 Å². The highest BCUT2D eigenvalue weighted by molar-refractivity contribution is 5.77. The predicted octanol–water partition coefficient (Wildman–Crippen LogP) is 2.10. The topological polar surface area (TPSA) is 23.9 Å². The van der Waals surface area contributed by atoms with Gasteiger partial charge in [0.1, 0.15) is 17.5 Å². The lowest BCUT2D eigenvalue weighted by Gasteiger charge is -1.96. The Balaban J connectivity index is 3.36. The molecule has 0 aliphatic heterocycles. The van der Waals surface area contributed by atoms with Crippen LogP contribution in [0.2, 0.25) is 0 Å². The summed E-state index contributed by atoms with van der Waals surface area (Å²) in [6.45, 7) is 0. The maximum Gasteiger partial charge on any atom is 0.137 e. The molecule has 0 saturated heterocycles. The highest BCUT2D eigenvalue weighted by atomic mass is 19.1. The van der Waals surface area contributed by atoms with Crippen molar-refractivity contribution >= 4 is 6.21 Å². The van der Waals surface area contributed by atoms with Crippen LogP contribution in [-0.2, 0) is 0 Å². The lowest BCUT2D eigenvalue weighted by atomic mass is 10.2. The summed E-state index contributed by atoms with van der Waals surface area (Å²) in [5, 5.41) is 6.57. The van der Waals surface area contributed by atoms with Gasteiger partial charge in [0.05, 0.1) is 5.56 Å². The van der Waals surface area contributed by atoms with Gasteiger partial charge in [0.15, 0.2) is 0 Å². The summed E-state index contributed by atoms with van der Waals surface area (Å²) in [7, 11) is 0. The SMILES string of the molecule is N=Cc1c(F)cc(F)cc1F. The van der Waals surface area contributed by atoms with E-state index in [0.29, 0.717) is 18.3 Å². The number of hydrogen-bond donors (Lipinski definition) is 1. The molecule has 1 nitrogen and oxygen atoms in total. The summed E-state index contributed by atoms with van der Waals surface area (Å²) in [6.07, 6.45) is 0.504. The molecule has 0 aromatic heterocycles. The molecule has 0 fully saturated rings. The Bertz CT molecular complexity index is 273. The van der Waals surface area contributed by atoms with E-state index in [9.17, 15) is 13.2 Å². The standard InChI is InChI=1S/C7H4F3N/c8-4-1-6(9)5(3-11)7(10)2-4/h1-3,11H. The molecule has 0 spiro atoms. The molecule has 0 aliphatic rings. The van der Waals surface area contributed by atoms with E-state index in [1.54, 1.807) is 0 Å². The highest BCUT2D eigenvalue weighted by Crippen LogP contribution is 2.11. The Hall–Kier alpha value is -1.32. The first kappa shape index (κ1) is 7.78. The second-order valence-electron chi connectivity index (χ2n) is 1.93. The molecule has 1 aromatic rings. The van der Waals surface area contributed by atoms with E-state index in [4.69, 9.17) is 5.41 Å². The molecule has 58 valence electrons. The van der Waals surface area contributed by atoms with E-state index in [0.717, 1.165) is 0 Å². The van der Waals surface area contributed by atoms with Crippen LogP contribution < -0.4 is 0 Å². The molecule has 1 rings (SSSR count). The summed E-state index contributed by atoms with van der Waals surface area (Å²) >= 11 is 0. The van der Waals surface area contributed by atoms with E-state index in [1.165, 1.54) is 0 Å². The molecule has 1 aromatic carbocycles. The second kappa shape index (κ2) is 2.74. The number of halogens is 3. The Morgan fingerprint density at radius 2 is 1.55 bits per heavy atom. The number of rotatable bonds is 1. The van der Waals surface area contributed by atoms with Gasteiger partial charge in [-0.2, -0.15) is 0 Å². The van der Waals surface area contributed by atoms with Crippen molar-refractivity contribution in [3.8, 4) is 0 Å². The fourth-order valence-corrected chi connectivity index (χ4v) is 0.691. The normalized spacial score (nSPS) is 9.73. The van der Waals surface area contributed by atoms with Crippen molar-refractivity contribution in [1.82, 2.24) is 0 Å². The van der Waals surface area contributed by atoms with Crippen molar-refractivity contribution in [3.05, 3.63) is 35.1 Å². The number of hydrogen-bond acceptors (Lipinski definition) is 1. The predicted molar refractivity (Wildman–Crippen MR) is 34.2 cm³/mol. The third-order valence-corrected chi connectivity index (χ3v) is 1.19. The van der Waals surface area contributed by atoms with Crippen molar-refractivity contribution in [2.24, 2.45) is 0 Å². The van der Waals surface area contributed by atoms with Crippen LogP contribution in [-0.4, -0.2) is 6.21 Å². The fourth-order valence-electron chi connectivity index (χ4n) is 0.691. The molecule has 0 aliphatic carbocycles. The average Bonchev–Trinajstić information content (AvgIpc) is 1.85. The molecule has 1 N–H and O–H groups in total. The molecule has 0 atom stereocenters. The second-order valence-corrected chi connectivity index (χ2v) is 1.93. The van der Waals surface area contributed by atoms with Gasteiger partial charge in [-0.1, -0.05) is 0 Å². The molecule has 11 heavy (non-hydrogen) atoms. The summed E-state index contributed by atoms with van der Waals surface area (Å²) in [5.74, 6) is -3.10. The zero-order chi connectivity index (χ0) is 8.43. The van der Waals surface area contributed by atoms with Crippen molar-refractivity contribution < 1.29 is 13.2 Å². The Labute approximate surface area is 61.0 Å². The molecular formula is C7H4F3N. The van der Waals surface area contributed by atoms with E-state index < -0.39 is 23.0 Å². The molecule has 0 radical (unpaired) electrons. The molecule has 0 saturated carbocycles. The van der Waals surface area contributed by atoms with Crippen molar-refractivity contribution in [1.29, 1.82) is 5.41 Å². The van der Waals surface area contributed by atoms with Gasteiger partial charge in [-0.15, -0.1) is 0 Å². The van der Waals surface area contributed by atoms with Crippen LogP contribution in [0.1, 0.15) is 5.56 Å². The lowest BCUT2D eigenvalue weighted by molar-refractivity contribution is 0.541. The smallest absolute Gasteiger partial charge is 0.137 e. The van der Waals surface area contributed by atoms with Crippen LogP contribution in [0.5, 0.6) is 0 Å². The monoisotopic (exact) mass is 159 g/mol. The van der Waals surface area contributed by atoms with Gasteiger partial charge >= 0.3 is 0 Å². The minimum atomic E-state index is -1.06. The highest BCUT2D eigenvalue weighted by Gasteiger charge is 2.07. The number of nitrogens with one attached hydrogen (secondary N) is 1. The van der Waals surface area contributed by atoms with Gasteiger partial charge in [-0.25, -0.2) is 13.2 Å². The van der Waals surface area contributed by atoms with Crippen LogP contribution in [0.4, 0.5) is 13.2 Å². The third kappa shape index (κ3) is 1.39. The van der Waals surface area contributed by atoms with Crippen molar-refractivity contribution in [3.63, 3.8) is 0 Å². The summed E-state index contributed by atoms with van der Waals surface area (Å²) in [6, 6.07) is 1.06. The first-order valence-corrected chi connectivity index (χ1v) is 2.80. The van der Waals surface area contributed by atoms with Gasteiger partial charge in [0, 0.05) is 18.3 Å². The van der Waals surface area contributed by atoms with Gasteiger partial charge < -0.3 is 5.41 Å². The molecule has 0 heterocycles. The van der Waals surface area contributed by atoms with Crippen LogP contribution in [0.25, 0.3) is 0 Å². The number of benzene rings is 1. The quantitative estimate of drug-likeness (QED) is 0.607. The molecule has 0 unspecified atom stereocenters. The zero-order valence-electron chi connectivity index (χ0n) is 5.37. The van der Waals surface area contributed by atoms with Gasteiger partial charge in [-0.3, -0.25) is 0 Å². The maximum atomic E-state index is 12.5. The molecule has 0 bridgehead atoms. The minimum Gasteiger partial charge on any atom is -0.308 e. The Kier molecular flexibility index (Phi) is 1.94. The summed E-state index contributed by atoms with van der Waals surface area (Å²) in [5.41, 5.74) is -0.522. The van der Waals surface area contributed by atoms with Crippen molar-refractivity contribution in [2.75, 3.05) is 0 Å². The van der Waals surface area contributed by atoms with E-state index in [2.05, 4.69) is 0 Å². The van der Waals surface area contributed by atoms with E-state index in [-0.39, 0.29) is 0 Å². The molecule has 0 amide bonds. The first-order chi connectivity index (χ1) is 5.15. The Morgan fingerprint density at radius 1 is 1.09 bits per heavy atom. The van der Waals surface area contributed by atoms with Crippen molar-refractivity contribution in [2.45, 2.75) is 0 Å². The van der Waals surface area contributed by atoms with Crippen LogP contribution >= 0.6 is 0 Å². The van der Waals surface area contributed by atoms with Crippen LogP contribution in [0.15, 0.2) is 12.1 Å². The molecule has 4 heteroatoms. The van der Waals surface area contributed by atoms with E-state index in [1.807, 2.05) is 0 Å². The third-order valence-electron chi connectivity index (χ3n) is 1.19. The van der Waals surface area contributed by atoms with Gasteiger partial charge in [-0.05, 0) is 0 Å². The zero-order valence-corrected chi connectivity index (χ0v) is 5.37. The van der Waals surface area contributed by atoms with Gasteiger partial charge in [0.2, 0.25) is 0 Å². The van der Waals surface area contributed by atoms with Crippen LogP contribution in [0.3, 0.4) is 0 Å². The van der Waals surface area contributed by atoms with Gasteiger partial charge in [0.25, 0.3) is 0 Å². The summed E-state index contributed by atoms with van der Waals surface area (Å²) < 4.78 is 37.2. The first-order valence-electron chi connectivity index (χ1n) is 2.80. The van der Waals surface area contributed by atoms with Crippen LogP contribution in [0, 0.1) is 22.9 Å². The fraction of sp³-hybridized carbons (Fsp3) is 0. The average molecular weight is 159 g/mol. The maximum absolute atomic E-state index is 12.5. The largest absolute Gasteiger partial charge is 0.308 e. The lowest BCUT2D eigenvalue weighted by Crippen LogP contribution is -1.94. The Morgan fingerprint density at radius 3 is 1.91 bits per heavy atom. The molecular weight excluding hydrogens is 155 g/mol.